The molecule has 9 atom stereocenters. The number of ether oxygens (including phenoxy) is 2. The van der Waals surface area contributed by atoms with Crippen molar-refractivity contribution < 1.29 is 50.0 Å². The third-order valence-corrected chi connectivity index (χ3v) is 14.2. The van der Waals surface area contributed by atoms with E-state index in [0.29, 0.717) is 19.3 Å². The van der Waals surface area contributed by atoms with E-state index in [4.69, 9.17) is 9.47 Å². The second-order valence-electron chi connectivity index (χ2n) is 20.7. The molecule has 69 heavy (non-hydrogen) atoms. The van der Waals surface area contributed by atoms with Crippen molar-refractivity contribution in [1.82, 2.24) is 5.32 Å². The molecule has 0 radical (unpaired) electrons. The fourth-order valence-electron chi connectivity index (χ4n) is 9.45. The number of aliphatic hydroxyl groups excluding tert-OH is 7. The third kappa shape index (κ3) is 36.2. The second kappa shape index (κ2) is 47.6. The van der Waals surface area contributed by atoms with Crippen molar-refractivity contribution in [1.29, 1.82) is 0 Å². The summed E-state index contributed by atoms with van der Waals surface area (Å²) < 4.78 is 11.1. The van der Waals surface area contributed by atoms with Crippen LogP contribution >= 0.6 is 0 Å². The Labute approximate surface area is 423 Å². The topological polar surface area (TPSA) is 189 Å². The zero-order chi connectivity index (χ0) is 50.4. The maximum atomic E-state index is 13.1. The maximum Gasteiger partial charge on any atom is 0.249 e. The van der Waals surface area contributed by atoms with Gasteiger partial charge in [0.1, 0.15) is 36.6 Å². The molecule has 0 aromatic carbocycles. The summed E-state index contributed by atoms with van der Waals surface area (Å²) in [7, 11) is 0. The Morgan fingerprint density at radius 3 is 1.28 bits per heavy atom. The highest BCUT2D eigenvalue weighted by Gasteiger charge is 2.44. The second-order valence-corrected chi connectivity index (χ2v) is 20.7. The van der Waals surface area contributed by atoms with E-state index >= 15 is 0 Å². The number of hydrogen-bond acceptors (Lipinski definition) is 10. The lowest BCUT2D eigenvalue weighted by Gasteiger charge is -2.40. The average Bonchev–Trinajstić information content (AvgIpc) is 3.35. The molecule has 1 aliphatic rings. The summed E-state index contributed by atoms with van der Waals surface area (Å²) in [6, 6.07) is -1.19. The Morgan fingerprint density at radius 1 is 0.493 bits per heavy atom. The smallest absolute Gasteiger partial charge is 0.249 e. The number of unbranched alkanes of at least 4 members (excludes halogenated alkanes) is 34. The van der Waals surface area contributed by atoms with Crippen molar-refractivity contribution >= 4 is 5.91 Å². The van der Waals surface area contributed by atoms with Gasteiger partial charge in [0.05, 0.1) is 25.4 Å². The maximum absolute atomic E-state index is 13.1. The summed E-state index contributed by atoms with van der Waals surface area (Å²) in [5.74, 6) is -0.707. The fraction of sp³-hybridized carbons (Fsp3) is 0.914. The lowest BCUT2D eigenvalue weighted by molar-refractivity contribution is -0.303. The van der Waals surface area contributed by atoms with Gasteiger partial charge in [-0.1, -0.05) is 250 Å². The molecule has 0 spiro atoms. The van der Waals surface area contributed by atoms with Gasteiger partial charge in [-0.2, -0.15) is 0 Å². The van der Waals surface area contributed by atoms with E-state index in [1.54, 1.807) is 0 Å². The molecule has 1 fully saturated rings. The van der Waals surface area contributed by atoms with Gasteiger partial charge >= 0.3 is 0 Å². The summed E-state index contributed by atoms with van der Waals surface area (Å²) >= 11 is 0. The molecule has 1 aliphatic heterocycles. The van der Waals surface area contributed by atoms with Crippen LogP contribution in [0, 0.1) is 0 Å². The minimum absolute atomic E-state index is 0.247. The van der Waals surface area contributed by atoms with Crippen molar-refractivity contribution in [2.24, 2.45) is 0 Å². The molecule has 0 aromatic rings. The van der Waals surface area contributed by atoms with E-state index in [2.05, 4.69) is 43.5 Å². The molecule has 1 saturated heterocycles. The zero-order valence-corrected chi connectivity index (χ0v) is 44.6. The first-order valence-corrected chi connectivity index (χ1v) is 29.2. The van der Waals surface area contributed by atoms with Gasteiger partial charge in [0.2, 0.25) is 5.91 Å². The normalized spacial score (nSPS) is 20.5. The number of nitrogens with one attached hydrogen (secondary N) is 1. The predicted octanol–water partition coefficient (Wildman–Crippen LogP) is 12.1. The quantitative estimate of drug-likeness (QED) is 0.0215. The number of allylic oxidation sites excluding steroid dienone is 4. The monoisotopic (exact) mass is 982 g/mol. The molecule has 11 heteroatoms. The average molecular weight is 983 g/mol. The molecule has 11 nitrogen and oxygen atoms in total. The van der Waals surface area contributed by atoms with Crippen molar-refractivity contribution in [3.8, 4) is 0 Å². The minimum Gasteiger partial charge on any atom is -0.394 e. The van der Waals surface area contributed by atoms with Crippen molar-refractivity contribution in [3.63, 3.8) is 0 Å². The Bertz CT molecular complexity index is 1170. The highest BCUT2D eigenvalue weighted by atomic mass is 16.7. The largest absolute Gasteiger partial charge is 0.394 e. The van der Waals surface area contributed by atoms with Crippen LogP contribution in [0.5, 0.6) is 0 Å². The van der Waals surface area contributed by atoms with E-state index in [1.165, 1.54) is 186 Å². The van der Waals surface area contributed by atoms with Crippen molar-refractivity contribution in [3.05, 3.63) is 24.3 Å². The van der Waals surface area contributed by atoms with Crippen LogP contribution < -0.4 is 5.32 Å². The first-order valence-electron chi connectivity index (χ1n) is 29.2. The van der Waals surface area contributed by atoms with E-state index in [0.717, 1.165) is 38.5 Å². The van der Waals surface area contributed by atoms with Crippen LogP contribution in [0.1, 0.15) is 271 Å². The first kappa shape index (κ1) is 65.6. The molecule has 0 bridgehead atoms. The Balaban J connectivity index is 2.18. The lowest BCUT2D eigenvalue weighted by atomic mass is 9.98. The third-order valence-electron chi connectivity index (χ3n) is 14.2. The van der Waals surface area contributed by atoms with Crippen LogP contribution in [0.15, 0.2) is 24.3 Å². The standard InChI is InChI=1S/C58H111NO10/c1-3-5-7-9-11-13-15-16-17-18-19-20-21-22-23-24-25-26-27-28-29-30-31-32-33-34-36-38-40-42-44-46-51(62)57(67)59-49(48-68-58-56(66)55(65)54(64)52(47-60)69-58)53(63)50(61)45-43-41-39-37-35-14-12-10-8-6-4-2/h10,12,37,39,49-56,58,60-66H,3-9,11,13-36,38,40-48H2,1-2H3,(H,59,67)/b12-10+,39-37+. The Hall–Kier alpha value is -1.41. The lowest BCUT2D eigenvalue weighted by Crippen LogP contribution is -2.60. The van der Waals surface area contributed by atoms with Crippen LogP contribution in [0.3, 0.4) is 0 Å². The molecular weight excluding hydrogens is 871 g/mol. The Morgan fingerprint density at radius 2 is 0.870 bits per heavy atom. The van der Waals surface area contributed by atoms with E-state index in [1.807, 2.05) is 0 Å². The molecule has 1 rings (SSSR count). The number of carbonyl (C=O) groups is 1. The molecule has 0 aromatic heterocycles. The predicted molar refractivity (Wildman–Crippen MR) is 284 cm³/mol. The first-order chi connectivity index (χ1) is 33.7. The summed E-state index contributed by atoms with van der Waals surface area (Å²) in [5.41, 5.74) is 0. The van der Waals surface area contributed by atoms with Crippen LogP contribution in [0.2, 0.25) is 0 Å². The molecule has 408 valence electrons. The number of amides is 1. The van der Waals surface area contributed by atoms with E-state index < -0.39 is 74.2 Å². The Kier molecular flexibility index (Phi) is 45.2. The van der Waals surface area contributed by atoms with Gasteiger partial charge in [-0.05, 0) is 44.9 Å². The van der Waals surface area contributed by atoms with Gasteiger partial charge < -0.3 is 50.5 Å². The van der Waals surface area contributed by atoms with Crippen LogP contribution in [0.4, 0.5) is 0 Å². The summed E-state index contributed by atoms with van der Waals surface area (Å²) in [6.07, 6.45) is 45.6. The minimum atomic E-state index is -1.67. The fourth-order valence-corrected chi connectivity index (χ4v) is 9.45. The molecule has 0 saturated carbocycles. The molecule has 0 aliphatic carbocycles. The molecule has 1 amide bonds. The van der Waals surface area contributed by atoms with Crippen LogP contribution in [-0.2, 0) is 14.3 Å². The zero-order valence-electron chi connectivity index (χ0n) is 44.6. The molecular formula is C58H111NO10. The number of hydrogen-bond donors (Lipinski definition) is 8. The van der Waals surface area contributed by atoms with Crippen molar-refractivity contribution in [2.45, 2.75) is 326 Å². The van der Waals surface area contributed by atoms with Gasteiger partial charge in [0, 0.05) is 0 Å². The molecule has 8 N–H and O–H groups in total. The number of rotatable bonds is 50. The summed E-state index contributed by atoms with van der Waals surface area (Å²) in [5, 5.41) is 75.8. The molecule has 9 unspecified atom stereocenters. The number of carbonyl (C=O) groups excluding carboxylic acids is 1. The molecule has 1 heterocycles. The highest BCUT2D eigenvalue weighted by Crippen LogP contribution is 2.23. The van der Waals surface area contributed by atoms with Gasteiger partial charge in [-0.25, -0.2) is 0 Å². The number of aliphatic hydroxyl groups is 7. The van der Waals surface area contributed by atoms with E-state index in [9.17, 15) is 40.5 Å². The van der Waals surface area contributed by atoms with E-state index in [-0.39, 0.29) is 12.8 Å². The summed E-state index contributed by atoms with van der Waals surface area (Å²) in [4.78, 5) is 13.1. The highest BCUT2D eigenvalue weighted by molar-refractivity contribution is 5.80. The van der Waals surface area contributed by atoms with Crippen LogP contribution in [-0.4, -0.2) is 110 Å². The van der Waals surface area contributed by atoms with Gasteiger partial charge in [0.25, 0.3) is 0 Å². The van der Waals surface area contributed by atoms with Gasteiger partial charge in [0.15, 0.2) is 6.29 Å². The van der Waals surface area contributed by atoms with Gasteiger partial charge in [-0.3, -0.25) is 4.79 Å². The van der Waals surface area contributed by atoms with Gasteiger partial charge in [-0.15, -0.1) is 0 Å². The van der Waals surface area contributed by atoms with Crippen molar-refractivity contribution in [2.75, 3.05) is 13.2 Å². The van der Waals surface area contributed by atoms with Crippen LogP contribution in [0.25, 0.3) is 0 Å². The SMILES string of the molecule is CCCC/C=C/CC/C=C/CCCC(O)C(O)C(COC1OC(CO)C(O)C(O)C1O)NC(=O)C(O)CCCCCCCCCCCCCCCCCCCCCCCCCCCCCCCCC. The summed E-state index contributed by atoms with van der Waals surface area (Å²) in [6.45, 7) is 3.39.